The van der Waals surface area contributed by atoms with Crippen LogP contribution in [0, 0.1) is 0 Å². The van der Waals surface area contributed by atoms with E-state index in [1.165, 1.54) is 0 Å². The number of nitrogens with zero attached hydrogens (tertiary/aromatic N) is 1. The third kappa shape index (κ3) is 2.99. The largest absolute Gasteiger partial charge is 0.395 e. The van der Waals surface area contributed by atoms with E-state index in [4.69, 9.17) is 5.73 Å². The maximum atomic E-state index is 12.2. The molecule has 1 aromatic heterocycles. The molecule has 1 heterocycles. The van der Waals surface area contributed by atoms with Crippen LogP contribution in [0.1, 0.15) is 48.1 Å². The van der Waals surface area contributed by atoms with Gasteiger partial charge in [-0.15, -0.1) is 0 Å². The zero-order chi connectivity index (χ0) is 14.5. The number of nitrogens with one attached hydrogen (secondary N) is 2. The normalized spacial score (nSPS) is 12.1. The molecule has 0 aliphatic carbocycles. The van der Waals surface area contributed by atoms with Crippen molar-refractivity contribution in [3.8, 4) is 0 Å². The molecular formula is C15H20N4O. The molecule has 1 aromatic carbocycles. The van der Waals surface area contributed by atoms with Gasteiger partial charge in [-0.2, -0.15) is 5.10 Å². The molecule has 0 bridgehead atoms. The van der Waals surface area contributed by atoms with E-state index in [0.717, 1.165) is 24.1 Å². The van der Waals surface area contributed by atoms with Crippen LogP contribution < -0.4 is 11.1 Å². The molecule has 106 valence electrons. The van der Waals surface area contributed by atoms with Crippen molar-refractivity contribution in [1.82, 2.24) is 15.5 Å². The second-order valence-corrected chi connectivity index (χ2v) is 4.82. The molecule has 0 spiro atoms. The average Bonchev–Trinajstić information content (AvgIpc) is 2.82. The minimum Gasteiger partial charge on any atom is -0.395 e. The summed E-state index contributed by atoms with van der Waals surface area (Å²) in [6.07, 6.45) is 1.74. The van der Waals surface area contributed by atoms with Gasteiger partial charge in [-0.3, -0.25) is 9.89 Å². The highest BCUT2D eigenvalue weighted by atomic mass is 16.2. The van der Waals surface area contributed by atoms with Crippen molar-refractivity contribution in [2.24, 2.45) is 0 Å². The molecule has 0 radical (unpaired) electrons. The Bertz CT molecular complexity index is 577. The fourth-order valence-electron chi connectivity index (χ4n) is 2.09. The number of hydrogen-bond acceptors (Lipinski definition) is 3. The van der Waals surface area contributed by atoms with Crippen molar-refractivity contribution in [2.75, 3.05) is 5.73 Å². The predicted molar refractivity (Wildman–Crippen MR) is 79.3 cm³/mol. The number of aryl methyl sites for hydroxylation is 1. The number of hydrogen-bond donors (Lipinski definition) is 3. The lowest BCUT2D eigenvalue weighted by molar-refractivity contribution is 0.0935. The number of aromatic amines is 1. The maximum absolute atomic E-state index is 12.2. The molecule has 0 aliphatic heterocycles. The molecule has 2 aromatic rings. The minimum atomic E-state index is -0.252. The van der Waals surface area contributed by atoms with Gasteiger partial charge < -0.3 is 11.1 Å². The number of nitrogen functional groups attached to an aromatic ring is 1. The van der Waals surface area contributed by atoms with Crippen LogP contribution in [0.5, 0.6) is 0 Å². The molecule has 20 heavy (non-hydrogen) atoms. The monoisotopic (exact) mass is 272 g/mol. The van der Waals surface area contributed by atoms with E-state index in [-0.39, 0.29) is 17.6 Å². The lowest BCUT2D eigenvalue weighted by atomic mass is 10.1. The van der Waals surface area contributed by atoms with Gasteiger partial charge in [0.2, 0.25) is 0 Å². The topological polar surface area (TPSA) is 83.8 Å². The Hall–Kier alpha value is -2.30. The van der Waals surface area contributed by atoms with Crippen LogP contribution in [0.15, 0.2) is 30.3 Å². The highest BCUT2D eigenvalue weighted by molar-refractivity contribution is 5.97. The molecule has 0 saturated carbocycles. The van der Waals surface area contributed by atoms with E-state index in [9.17, 15) is 4.79 Å². The van der Waals surface area contributed by atoms with Crippen LogP contribution in [0.4, 0.5) is 5.69 Å². The van der Waals surface area contributed by atoms with Crippen LogP contribution in [0.25, 0.3) is 0 Å². The molecule has 2 rings (SSSR count). The highest BCUT2D eigenvalue weighted by Crippen LogP contribution is 2.17. The number of nitrogens with two attached hydrogens (primary N) is 1. The summed E-state index contributed by atoms with van der Waals surface area (Å²) < 4.78 is 0. The van der Waals surface area contributed by atoms with Crippen molar-refractivity contribution in [3.63, 3.8) is 0 Å². The van der Waals surface area contributed by atoms with Gasteiger partial charge in [0.1, 0.15) is 0 Å². The van der Waals surface area contributed by atoms with Gasteiger partial charge in [0.05, 0.1) is 17.4 Å². The van der Waals surface area contributed by atoms with Gasteiger partial charge in [0.25, 0.3) is 5.91 Å². The predicted octanol–water partition coefficient (Wildman–Crippen LogP) is 2.44. The average molecular weight is 272 g/mol. The van der Waals surface area contributed by atoms with E-state index in [1.54, 1.807) is 0 Å². The standard InChI is InChI=1S/C15H20N4O/c1-3-7-12-13(16)14(19-18-12)15(20)17-10(2)11-8-5-4-6-9-11/h4-6,8-10H,3,7,16H2,1-2H3,(H,17,20)(H,18,19)/t10-/m0/s1. The van der Waals surface area contributed by atoms with Crippen molar-refractivity contribution < 1.29 is 4.79 Å². The fraction of sp³-hybridized carbons (Fsp3) is 0.333. The first kappa shape index (κ1) is 14.1. The molecule has 1 atom stereocenters. The Balaban J connectivity index is 2.09. The SMILES string of the molecule is CCCc1[nH]nc(C(=O)N[C@@H](C)c2ccccc2)c1N. The Morgan fingerprint density at radius 1 is 1.40 bits per heavy atom. The summed E-state index contributed by atoms with van der Waals surface area (Å²) in [5.41, 5.74) is 8.54. The smallest absolute Gasteiger partial charge is 0.274 e. The Kier molecular flexibility index (Phi) is 4.40. The summed E-state index contributed by atoms with van der Waals surface area (Å²) in [6, 6.07) is 9.69. The van der Waals surface area contributed by atoms with Crippen LogP contribution in [0.2, 0.25) is 0 Å². The number of carbonyl (C=O) groups is 1. The third-order valence-electron chi connectivity index (χ3n) is 3.25. The number of carbonyl (C=O) groups excluding carboxylic acids is 1. The number of benzene rings is 1. The first-order chi connectivity index (χ1) is 9.63. The van der Waals surface area contributed by atoms with Gasteiger partial charge in [0.15, 0.2) is 5.69 Å². The second kappa shape index (κ2) is 6.23. The number of aromatic nitrogens is 2. The van der Waals surface area contributed by atoms with Crippen LogP contribution in [0.3, 0.4) is 0 Å². The third-order valence-corrected chi connectivity index (χ3v) is 3.25. The Morgan fingerprint density at radius 3 is 2.75 bits per heavy atom. The van der Waals surface area contributed by atoms with E-state index in [1.807, 2.05) is 37.3 Å². The van der Waals surface area contributed by atoms with Gasteiger partial charge in [-0.05, 0) is 18.9 Å². The van der Waals surface area contributed by atoms with E-state index < -0.39 is 0 Å². The van der Waals surface area contributed by atoms with Crippen molar-refractivity contribution in [1.29, 1.82) is 0 Å². The fourth-order valence-corrected chi connectivity index (χ4v) is 2.09. The molecule has 4 N–H and O–H groups in total. The first-order valence-electron chi connectivity index (χ1n) is 6.82. The zero-order valence-corrected chi connectivity index (χ0v) is 11.8. The summed E-state index contributed by atoms with van der Waals surface area (Å²) in [4.78, 5) is 12.2. The molecule has 0 fully saturated rings. The summed E-state index contributed by atoms with van der Waals surface area (Å²) >= 11 is 0. The second-order valence-electron chi connectivity index (χ2n) is 4.82. The summed E-state index contributed by atoms with van der Waals surface area (Å²) in [6.45, 7) is 3.99. The molecule has 5 nitrogen and oxygen atoms in total. The minimum absolute atomic E-state index is 0.0885. The quantitative estimate of drug-likeness (QED) is 0.781. The summed E-state index contributed by atoms with van der Waals surface area (Å²) in [5, 5.41) is 9.76. The molecule has 0 saturated heterocycles. The van der Waals surface area contributed by atoms with Gasteiger partial charge in [-0.1, -0.05) is 43.7 Å². The van der Waals surface area contributed by atoms with Crippen LogP contribution in [-0.4, -0.2) is 16.1 Å². The number of H-pyrrole nitrogens is 1. The molecule has 5 heteroatoms. The van der Waals surface area contributed by atoms with Gasteiger partial charge in [0, 0.05) is 0 Å². The maximum Gasteiger partial charge on any atom is 0.274 e. The van der Waals surface area contributed by atoms with Crippen LogP contribution in [-0.2, 0) is 6.42 Å². The van der Waals surface area contributed by atoms with Crippen molar-refractivity contribution >= 4 is 11.6 Å². The molecule has 0 aliphatic rings. The molecular weight excluding hydrogens is 252 g/mol. The van der Waals surface area contributed by atoms with E-state index in [2.05, 4.69) is 22.4 Å². The van der Waals surface area contributed by atoms with E-state index >= 15 is 0 Å². The lowest BCUT2D eigenvalue weighted by Crippen LogP contribution is -2.27. The summed E-state index contributed by atoms with van der Waals surface area (Å²) in [7, 11) is 0. The zero-order valence-electron chi connectivity index (χ0n) is 11.8. The molecule has 0 unspecified atom stereocenters. The highest BCUT2D eigenvalue weighted by Gasteiger charge is 2.18. The number of anilines is 1. The van der Waals surface area contributed by atoms with Gasteiger partial charge in [-0.25, -0.2) is 0 Å². The lowest BCUT2D eigenvalue weighted by Gasteiger charge is -2.13. The van der Waals surface area contributed by atoms with Gasteiger partial charge >= 0.3 is 0 Å². The molecule has 1 amide bonds. The van der Waals surface area contributed by atoms with Crippen molar-refractivity contribution in [2.45, 2.75) is 32.7 Å². The first-order valence-corrected chi connectivity index (χ1v) is 6.82. The Labute approximate surface area is 118 Å². The van der Waals surface area contributed by atoms with Crippen molar-refractivity contribution in [3.05, 3.63) is 47.3 Å². The number of rotatable bonds is 5. The number of amides is 1. The summed E-state index contributed by atoms with van der Waals surface area (Å²) in [5.74, 6) is -0.252. The van der Waals surface area contributed by atoms with E-state index in [0.29, 0.717) is 5.69 Å². The Morgan fingerprint density at radius 2 is 2.10 bits per heavy atom. The van der Waals surface area contributed by atoms with Crippen LogP contribution >= 0.6 is 0 Å².